The number of carbonyl (C=O) groups excluding carboxylic acids is 2. The fraction of sp³-hybridized carbons (Fsp3) is 0.636. The summed E-state index contributed by atoms with van der Waals surface area (Å²) in [6, 6.07) is -1.99. The molecule has 0 saturated carbocycles. The number of aliphatic carboxylic acids is 2. The topological polar surface area (TPSA) is 133 Å². The van der Waals surface area contributed by atoms with Gasteiger partial charge in [-0.25, -0.2) is 9.59 Å². The van der Waals surface area contributed by atoms with Crippen molar-refractivity contribution in [2.45, 2.75) is 25.3 Å². The third-order valence-corrected chi connectivity index (χ3v) is 2.47. The second kappa shape index (κ2) is 8.73. The highest BCUT2D eigenvalue weighted by Crippen LogP contribution is 2.00. The van der Waals surface area contributed by atoms with Gasteiger partial charge in [0.15, 0.2) is 0 Å². The van der Waals surface area contributed by atoms with Gasteiger partial charge in [0.1, 0.15) is 6.04 Å². The molecule has 1 atom stereocenters. The molecule has 0 aromatic heterocycles. The number of methoxy groups -OCH3 is 1. The molecule has 0 heterocycles. The van der Waals surface area contributed by atoms with Crippen LogP contribution in [0.3, 0.4) is 0 Å². The largest absolute Gasteiger partial charge is 0.481 e. The van der Waals surface area contributed by atoms with E-state index in [1.165, 1.54) is 14.2 Å². The summed E-state index contributed by atoms with van der Waals surface area (Å²) in [5.74, 6) is -2.96. The number of rotatable bonds is 8. The predicted molar refractivity (Wildman–Crippen MR) is 66.1 cm³/mol. The first kappa shape index (κ1) is 17.7. The van der Waals surface area contributed by atoms with Crippen LogP contribution in [0.1, 0.15) is 19.3 Å². The van der Waals surface area contributed by atoms with Crippen molar-refractivity contribution in [3.63, 3.8) is 0 Å². The van der Waals surface area contributed by atoms with Gasteiger partial charge in [0.2, 0.25) is 0 Å². The lowest BCUT2D eigenvalue weighted by Gasteiger charge is -2.20. The molecule has 2 amide bonds. The molecular weight excluding hydrogens is 272 g/mol. The van der Waals surface area contributed by atoms with Crippen molar-refractivity contribution < 1.29 is 34.1 Å². The number of carboxylic acid groups (broad SMARTS) is 2. The first-order valence-electron chi connectivity index (χ1n) is 5.81. The number of ether oxygens (including phenoxy) is 1. The summed E-state index contributed by atoms with van der Waals surface area (Å²) in [6.07, 6.45) is -0.613. The Kier molecular flexibility index (Phi) is 7.71. The third kappa shape index (κ3) is 7.19. The van der Waals surface area contributed by atoms with Crippen molar-refractivity contribution >= 4 is 23.9 Å². The third-order valence-electron chi connectivity index (χ3n) is 2.47. The SMILES string of the molecule is COC(=O)CCN(C)C(=O)NC(CCC(=O)O)C(=O)O. The number of carbonyl (C=O) groups is 4. The van der Waals surface area contributed by atoms with Crippen LogP contribution in [0.4, 0.5) is 4.79 Å². The number of amides is 2. The van der Waals surface area contributed by atoms with Gasteiger partial charge in [0.05, 0.1) is 13.5 Å². The van der Waals surface area contributed by atoms with Crippen LogP contribution in [0.15, 0.2) is 0 Å². The first-order valence-corrected chi connectivity index (χ1v) is 5.81. The monoisotopic (exact) mass is 290 g/mol. The van der Waals surface area contributed by atoms with Crippen LogP contribution in [-0.2, 0) is 19.1 Å². The van der Waals surface area contributed by atoms with Gasteiger partial charge in [-0.15, -0.1) is 0 Å². The van der Waals surface area contributed by atoms with Gasteiger partial charge in [-0.1, -0.05) is 0 Å². The summed E-state index contributed by atoms with van der Waals surface area (Å²) in [5, 5.41) is 19.6. The number of hydrogen-bond acceptors (Lipinski definition) is 5. The van der Waals surface area contributed by atoms with E-state index in [9.17, 15) is 19.2 Å². The lowest BCUT2D eigenvalue weighted by atomic mass is 10.1. The average Bonchev–Trinajstić information content (AvgIpc) is 2.39. The number of nitrogens with one attached hydrogen (secondary N) is 1. The van der Waals surface area contributed by atoms with Crippen LogP contribution in [0, 0.1) is 0 Å². The van der Waals surface area contributed by atoms with E-state index in [1.807, 2.05) is 0 Å². The van der Waals surface area contributed by atoms with Crippen LogP contribution in [0.5, 0.6) is 0 Å². The standard InChI is InChI=1S/C11H18N2O7/c1-13(6-5-9(16)20-2)11(19)12-7(10(17)18)3-4-8(14)15/h7H,3-6H2,1-2H3,(H,12,19)(H,14,15)(H,17,18). The highest BCUT2D eigenvalue weighted by Gasteiger charge is 2.22. The maximum absolute atomic E-state index is 11.7. The van der Waals surface area contributed by atoms with Crippen LogP contribution in [0.25, 0.3) is 0 Å². The van der Waals surface area contributed by atoms with Gasteiger partial charge >= 0.3 is 23.9 Å². The molecule has 0 spiro atoms. The van der Waals surface area contributed by atoms with Crippen molar-refractivity contribution in [3.05, 3.63) is 0 Å². The van der Waals surface area contributed by atoms with E-state index < -0.39 is 30.0 Å². The highest BCUT2D eigenvalue weighted by atomic mass is 16.5. The zero-order chi connectivity index (χ0) is 15.7. The summed E-state index contributed by atoms with van der Waals surface area (Å²) in [4.78, 5) is 45.0. The van der Waals surface area contributed by atoms with E-state index in [0.717, 1.165) is 4.90 Å². The molecule has 0 rings (SSSR count). The van der Waals surface area contributed by atoms with E-state index in [-0.39, 0.29) is 25.8 Å². The molecule has 0 aromatic carbocycles. The average molecular weight is 290 g/mol. The molecule has 0 aliphatic rings. The van der Waals surface area contributed by atoms with Crippen LogP contribution < -0.4 is 5.32 Å². The molecule has 3 N–H and O–H groups in total. The molecule has 20 heavy (non-hydrogen) atoms. The first-order chi connectivity index (χ1) is 9.27. The normalized spacial score (nSPS) is 11.3. The van der Waals surface area contributed by atoms with Gasteiger partial charge < -0.3 is 25.2 Å². The Bertz CT molecular complexity index is 383. The zero-order valence-corrected chi connectivity index (χ0v) is 11.3. The van der Waals surface area contributed by atoms with Crippen molar-refractivity contribution in [3.8, 4) is 0 Å². The van der Waals surface area contributed by atoms with Crippen LogP contribution >= 0.6 is 0 Å². The number of hydrogen-bond donors (Lipinski definition) is 3. The van der Waals surface area contributed by atoms with Crippen molar-refractivity contribution in [1.29, 1.82) is 0 Å². The van der Waals surface area contributed by atoms with E-state index in [4.69, 9.17) is 10.2 Å². The molecule has 9 heteroatoms. The van der Waals surface area contributed by atoms with Crippen molar-refractivity contribution in [2.75, 3.05) is 20.7 Å². The molecular formula is C11H18N2O7. The fourth-order valence-corrected chi connectivity index (χ4v) is 1.25. The lowest BCUT2D eigenvalue weighted by molar-refractivity contribution is -0.142. The molecule has 0 saturated heterocycles. The minimum Gasteiger partial charge on any atom is -0.481 e. The molecule has 0 fully saturated rings. The minimum absolute atomic E-state index is 0.0206. The molecule has 114 valence electrons. The molecule has 0 aliphatic carbocycles. The Balaban J connectivity index is 4.33. The summed E-state index contributed by atoms with van der Waals surface area (Å²) in [6.45, 7) is 0.0593. The maximum atomic E-state index is 11.7. The Morgan fingerprint density at radius 2 is 1.80 bits per heavy atom. The van der Waals surface area contributed by atoms with E-state index in [2.05, 4.69) is 10.1 Å². The van der Waals surface area contributed by atoms with Gasteiger partial charge in [-0.2, -0.15) is 0 Å². The second-order valence-electron chi connectivity index (χ2n) is 4.02. The summed E-state index contributed by atoms with van der Waals surface area (Å²) < 4.78 is 4.41. The summed E-state index contributed by atoms with van der Waals surface area (Å²) in [7, 11) is 2.60. The smallest absolute Gasteiger partial charge is 0.326 e. The van der Waals surface area contributed by atoms with Crippen molar-refractivity contribution in [2.24, 2.45) is 0 Å². The molecule has 0 aliphatic heterocycles. The zero-order valence-electron chi connectivity index (χ0n) is 11.3. The Labute approximate surface area is 115 Å². The number of urea groups is 1. The Morgan fingerprint density at radius 1 is 1.20 bits per heavy atom. The van der Waals surface area contributed by atoms with E-state index in [1.54, 1.807) is 0 Å². The minimum atomic E-state index is -1.32. The van der Waals surface area contributed by atoms with Crippen LogP contribution in [-0.4, -0.2) is 65.8 Å². The second-order valence-corrected chi connectivity index (χ2v) is 4.02. The van der Waals surface area contributed by atoms with Crippen molar-refractivity contribution in [1.82, 2.24) is 10.2 Å². The molecule has 0 aromatic rings. The predicted octanol–water partition coefficient (Wildman–Crippen LogP) is -0.491. The lowest BCUT2D eigenvalue weighted by Crippen LogP contribution is -2.47. The Morgan fingerprint density at radius 3 is 2.25 bits per heavy atom. The number of carboxylic acids is 2. The van der Waals surface area contributed by atoms with Gasteiger partial charge in [-0.05, 0) is 6.42 Å². The number of nitrogens with zero attached hydrogens (tertiary/aromatic N) is 1. The van der Waals surface area contributed by atoms with Gasteiger partial charge in [0, 0.05) is 20.0 Å². The van der Waals surface area contributed by atoms with Gasteiger partial charge in [0.25, 0.3) is 0 Å². The van der Waals surface area contributed by atoms with Gasteiger partial charge in [-0.3, -0.25) is 9.59 Å². The molecule has 1 unspecified atom stereocenters. The quantitative estimate of drug-likeness (QED) is 0.513. The fourth-order valence-electron chi connectivity index (χ4n) is 1.25. The maximum Gasteiger partial charge on any atom is 0.326 e. The highest BCUT2D eigenvalue weighted by molar-refractivity contribution is 5.83. The Hall–Kier alpha value is -2.32. The van der Waals surface area contributed by atoms with E-state index in [0.29, 0.717) is 0 Å². The summed E-state index contributed by atoms with van der Waals surface area (Å²) in [5.41, 5.74) is 0. The number of esters is 1. The molecule has 0 radical (unpaired) electrons. The molecule has 9 nitrogen and oxygen atoms in total. The van der Waals surface area contributed by atoms with E-state index >= 15 is 0 Å². The van der Waals surface area contributed by atoms with Crippen LogP contribution in [0.2, 0.25) is 0 Å². The summed E-state index contributed by atoms with van der Waals surface area (Å²) >= 11 is 0. The molecule has 0 bridgehead atoms.